The fourth-order valence-corrected chi connectivity index (χ4v) is 4.49. The molecule has 0 bridgehead atoms. The fraction of sp³-hybridized carbons (Fsp3) is 0.103. The third-order valence-corrected chi connectivity index (χ3v) is 6.65. The molecule has 0 aliphatic heterocycles. The van der Waals surface area contributed by atoms with Gasteiger partial charge in [-0.1, -0.05) is 72.8 Å². The van der Waals surface area contributed by atoms with Gasteiger partial charge in [0.25, 0.3) is 5.91 Å². The van der Waals surface area contributed by atoms with Gasteiger partial charge < -0.3 is 4.74 Å². The molecule has 37 heavy (non-hydrogen) atoms. The van der Waals surface area contributed by atoms with Crippen LogP contribution >= 0.6 is 0 Å². The number of carbonyl (C=O) groups is 1. The number of amides is 1. The number of carbonyl (C=O) groups excluding carboxylic acids is 1. The van der Waals surface area contributed by atoms with Crippen molar-refractivity contribution in [1.82, 2.24) is 5.43 Å². The molecule has 0 heterocycles. The second-order valence-electron chi connectivity index (χ2n) is 8.31. The highest BCUT2D eigenvalue weighted by Gasteiger charge is 2.17. The standard InChI is InChI=1S/C29H27N3O4S/c1-37(34,35)32(27-13-6-3-7-14-27)21-23-16-18-25(19-17-23)29(33)31-30-20-26-12-8-9-15-28(26)36-22-24-10-4-2-5-11-24/h2-20H,21-22H2,1H3,(H,31,33). The lowest BCUT2D eigenvalue weighted by atomic mass is 10.1. The molecule has 1 amide bonds. The fourth-order valence-electron chi connectivity index (χ4n) is 3.60. The molecule has 0 saturated carbocycles. The van der Waals surface area contributed by atoms with Gasteiger partial charge in [0.15, 0.2) is 0 Å². The minimum atomic E-state index is -3.48. The average Bonchev–Trinajstić information content (AvgIpc) is 2.92. The lowest BCUT2D eigenvalue weighted by molar-refractivity contribution is 0.0955. The Hall–Kier alpha value is -4.43. The molecule has 7 nitrogen and oxygen atoms in total. The lowest BCUT2D eigenvalue weighted by Crippen LogP contribution is -2.29. The third kappa shape index (κ3) is 7.28. The Bertz CT molecular complexity index is 1460. The van der Waals surface area contributed by atoms with Gasteiger partial charge in [0.2, 0.25) is 10.0 Å². The van der Waals surface area contributed by atoms with Crippen molar-refractivity contribution in [1.29, 1.82) is 0 Å². The van der Waals surface area contributed by atoms with Gasteiger partial charge in [-0.15, -0.1) is 0 Å². The Morgan fingerprint density at radius 1 is 0.838 bits per heavy atom. The molecule has 4 aromatic rings. The molecule has 4 rings (SSSR count). The van der Waals surface area contributed by atoms with Crippen LogP contribution in [0.3, 0.4) is 0 Å². The number of hydrazone groups is 1. The molecule has 0 aromatic heterocycles. The molecule has 0 aliphatic rings. The van der Waals surface area contributed by atoms with Gasteiger partial charge in [0.1, 0.15) is 12.4 Å². The first-order valence-electron chi connectivity index (χ1n) is 11.6. The number of rotatable bonds is 10. The van der Waals surface area contributed by atoms with E-state index >= 15 is 0 Å². The van der Waals surface area contributed by atoms with E-state index in [0.717, 1.165) is 16.7 Å². The summed E-state index contributed by atoms with van der Waals surface area (Å²) in [6.07, 6.45) is 2.71. The second kappa shape index (κ2) is 12.0. The van der Waals surface area contributed by atoms with Crippen molar-refractivity contribution in [3.05, 3.63) is 131 Å². The van der Waals surface area contributed by atoms with Crippen molar-refractivity contribution in [2.24, 2.45) is 5.10 Å². The Morgan fingerprint density at radius 2 is 1.46 bits per heavy atom. The Morgan fingerprint density at radius 3 is 2.14 bits per heavy atom. The van der Waals surface area contributed by atoms with E-state index in [1.807, 2.05) is 60.7 Å². The number of nitrogens with zero attached hydrogens (tertiary/aromatic N) is 2. The summed E-state index contributed by atoms with van der Waals surface area (Å²) in [6, 6.07) is 32.9. The van der Waals surface area contributed by atoms with Crippen LogP contribution in [0.5, 0.6) is 5.75 Å². The topological polar surface area (TPSA) is 88.1 Å². The molecule has 0 radical (unpaired) electrons. The van der Waals surface area contributed by atoms with E-state index in [-0.39, 0.29) is 12.5 Å². The first-order valence-corrected chi connectivity index (χ1v) is 13.5. The number of sulfonamides is 1. The van der Waals surface area contributed by atoms with Crippen LogP contribution in [0.4, 0.5) is 5.69 Å². The maximum Gasteiger partial charge on any atom is 0.271 e. The van der Waals surface area contributed by atoms with E-state index in [1.165, 1.54) is 16.8 Å². The Balaban J connectivity index is 1.37. The number of para-hydroxylation sites is 2. The number of hydrogen-bond acceptors (Lipinski definition) is 5. The average molecular weight is 514 g/mol. The maximum atomic E-state index is 12.6. The SMILES string of the molecule is CS(=O)(=O)N(Cc1ccc(C(=O)NN=Cc2ccccc2OCc2ccccc2)cc1)c1ccccc1. The second-order valence-corrected chi connectivity index (χ2v) is 10.2. The molecular weight excluding hydrogens is 486 g/mol. The monoisotopic (exact) mass is 513 g/mol. The Kier molecular flexibility index (Phi) is 8.33. The highest BCUT2D eigenvalue weighted by atomic mass is 32.2. The highest BCUT2D eigenvalue weighted by Crippen LogP contribution is 2.21. The number of anilines is 1. The van der Waals surface area contributed by atoms with Gasteiger partial charge in [-0.25, -0.2) is 13.8 Å². The summed E-state index contributed by atoms with van der Waals surface area (Å²) in [6.45, 7) is 0.577. The predicted molar refractivity (Wildman–Crippen MR) is 146 cm³/mol. The summed E-state index contributed by atoms with van der Waals surface area (Å²) in [5.41, 5.74) is 6.04. The number of hydrogen-bond donors (Lipinski definition) is 1. The first-order chi connectivity index (χ1) is 17.9. The minimum absolute atomic E-state index is 0.155. The molecule has 1 N–H and O–H groups in total. The molecular formula is C29H27N3O4S. The van der Waals surface area contributed by atoms with Crippen molar-refractivity contribution in [2.45, 2.75) is 13.2 Å². The number of benzene rings is 4. The molecule has 4 aromatic carbocycles. The first kappa shape index (κ1) is 25.7. The van der Waals surface area contributed by atoms with E-state index in [4.69, 9.17) is 4.74 Å². The van der Waals surface area contributed by atoms with E-state index in [0.29, 0.717) is 23.6 Å². The summed E-state index contributed by atoms with van der Waals surface area (Å²) in [5.74, 6) is 0.274. The van der Waals surface area contributed by atoms with Crippen molar-refractivity contribution in [3.8, 4) is 5.75 Å². The van der Waals surface area contributed by atoms with Crippen LogP contribution in [-0.4, -0.2) is 26.8 Å². The van der Waals surface area contributed by atoms with Crippen LogP contribution in [0.25, 0.3) is 0 Å². The summed E-state index contributed by atoms with van der Waals surface area (Å²) >= 11 is 0. The summed E-state index contributed by atoms with van der Waals surface area (Å²) in [5, 5.41) is 4.08. The molecule has 0 unspecified atom stereocenters. The van der Waals surface area contributed by atoms with Crippen molar-refractivity contribution in [2.75, 3.05) is 10.6 Å². The Labute approximate surface area is 217 Å². The maximum absolute atomic E-state index is 12.6. The molecule has 0 atom stereocenters. The van der Waals surface area contributed by atoms with E-state index < -0.39 is 10.0 Å². The molecule has 0 fully saturated rings. The zero-order valence-corrected chi connectivity index (χ0v) is 21.1. The van der Waals surface area contributed by atoms with Gasteiger partial charge in [0, 0.05) is 11.1 Å². The van der Waals surface area contributed by atoms with Crippen LogP contribution in [0.2, 0.25) is 0 Å². The van der Waals surface area contributed by atoms with Crippen molar-refractivity contribution >= 4 is 27.8 Å². The summed E-state index contributed by atoms with van der Waals surface area (Å²) in [7, 11) is -3.48. The molecule has 8 heteroatoms. The zero-order chi connectivity index (χ0) is 26.1. The van der Waals surface area contributed by atoms with Crippen LogP contribution in [-0.2, 0) is 23.2 Å². The summed E-state index contributed by atoms with van der Waals surface area (Å²) < 4.78 is 31.9. The van der Waals surface area contributed by atoms with E-state index in [9.17, 15) is 13.2 Å². The normalized spacial score (nSPS) is 11.3. The van der Waals surface area contributed by atoms with Crippen LogP contribution < -0.4 is 14.5 Å². The third-order valence-electron chi connectivity index (χ3n) is 5.51. The predicted octanol–water partition coefficient (Wildman–Crippen LogP) is 5.00. The minimum Gasteiger partial charge on any atom is -0.488 e. The van der Waals surface area contributed by atoms with E-state index in [2.05, 4.69) is 10.5 Å². The van der Waals surface area contributed by atoms with Crippen molar-refractivity contribution < 1.29 is 17.9 Å². The quantitative estimate of drug-likeness (QED) is 0.239. The van der Waals surface area contributed by atoms with E-state index in [1.54, 1.807) is 48.5 Å². The van der Waals surface area contributed by atoms with Gasteiger partial charge in [0.05, 0.1) is 24.7 Å². The highest BCUT2D eigenvalue weighted by molar-refractivity contribution is 7.92. The largest absolute Gasteiger partial charge is 0.488 e. The number of nitrogens with one attached hydrogen (secondary N) is 1. The summed E-state index contributed by atoms with van der Waals surface area (Å²) in [4.78, 5) is 12.6. The van der Waals surface area contributed by atoms with Gasteiger partial charge in [-0.2, -0.15) is 5.10 Å². The molecule has 0 aliphatic carbocycles. The van der Waals surface area contributed by atoms with Gasteiger partial charge in [-0.05, 0) is 47.5 Å². The lowest BCUT2D eigenvalue weighted by Gasteiger charge is -2.22. The zero-order valence-electron chi connectivity index (χ0n) is 20.3. The molecule has 0 spiro atoms. The smallest absolute Gasteiger partial charge is 0.271 e. The van der Waals surface area contributed by atoms with Gasteiger partial charge in [-0.3, -0.25) is 9.10 Å². The van der Waals surface area contributed by atoms with Crippen LogP contribution in [0.15, 0.2) is 114 Å². The van der Waals surface area contributed by atoms with Crippen LogP contribution in [0.1, 0.15) is 27.0 Å². The van der Waals surface area contributed by atoms with Gasteiger partial charge >= 0.3 is 0 Å². The number of ether oxygens (including phenoxy) is 1. The van der Waals surface area contributed by atoms with Crippen LogP contribution in [0, 0.1) is 0 Å². The molecule has 0 saturated heterocycles. The van der Waals surface area contributed by atoms with Crippen molar-refractivity contribution in [3.63, 3.8) is 0 Å². The molecule has 188 valence electrons.